The van der Waals surface area contributed by atoms with E-state index < -0.39 is 0 Å². The van der Waals surface area contributed by atoms with Crippen LogP contribution in [0.2, 0.25) is 0 Å². The fourth-order valence-electron chi connectivity index (χ4n) is 1.08. The van der Waals surface area contributed by atoms with Crippen LogP contribution in [0.25, 0.3) is 0 Å². The molecule has 15 heavy (non-hydrogen) atoms. The van der Waals surface area contributed by atoms with Gasteiger partial charge in [0.25, 0.3) is 0 Å². The first-order chi connectivity index (χ1) is 7.24. The summed E-state index contributed by atoms with van der Waals surface area (Å²) in [5.41, 5.74) is 0.981. The molecule has 0 spiro atoms. The van der Waals surface area contributed by atoms with Gasteiger partial charge in [-0.15, -0.1) is 12.6 Å². The first kappa shape index (κ1) is 12.8. The van der Waals surface area contributed by atoms with Crippen LogP contribution in [0.3, 0.4) is 0 Å². The van der Waals surface area contributed by atoms with E-state index in [0.29, 0.717) is 19.8 Å². The van der Waals surface area contributed by atoms with E-state index in [0.717, 1.165) is 15.1 Å². The maximum absolute atomic E-state index is 8.49. The van der Waals surface area contributed by atoms with Crippen LogP contribution in [0, 0.1) is 0 Å². The Bertz CT molecular complexity index is 309. The molecule has 0 aliphatic rings. The number of hydrogen-bond donors (Lipinski definition) is 3. The molecule has 0 aliphatic heterocycles. The van der Waals surface area contributed by atoms with E-state index in [9.17, 15) is 0 Å². The highest BCUT2D eigenvalue weighted by Gasteiger charge is 1.98. The summed E-state index contributed by atoms with van der Waals surface area (Å²) in [5, 5.41) is 11.7. The number of aliphatic hydroxyl groups is 1. The molecule has 1 aromatic carbocycles. The van der Waals surface area contributed by atoms with Gasteiger partial charge in [-0.1, -0.05) is 15.9 Å². The number of rotatable bonds is 6. The van der Waals surface area contributed by atoms with Gasteiger partial charge in [0.2, 0.25) is 0 Å². The predicted molar refractivity (Wildman–Crippen MR) is 67.8 cm³/mol. The lowest BCUT2D eigenvalue weighted by Gasteiger charge is -2.09. The molecule has 0 unspecified atom stereocenters. The lowest BCUT2D eigenvalue weighted by atomic mass is 10.3. The Balaban J connectivity index is 2.31. The van der Waals surface area contributed by atoms with Crippen molar-refractivity contribution in [3.05, 3.63) is 22.7 Å². The quantitative estimate of drug-likeness (QED) is 0.556. The van der Waals surface area contributed by atoms with Gasteiger partial charge in [0.1, 0.15) is 0 Å². The van der Waals surface area contributed by atoms with Crippen molar-refractivity contribution >= 4 is 34.2 Å². The smallest absolute Gasteiger partial charge is 0.0698 e. The molecule has 0 fully saturated rings. The minimum absolute atomic E-state index is 0.0656. The van der Waals surface area contributed by atoms with Gasteiger partial charge in [-0.25, -0.2) is 0 Å². The standard InChI is InChI=1S/C10H14BrNO2S/c11-8-1-2-9(10(15)7-8)12-3-5-14-6-4-13/h1-2,7,12-13,15H,3-6H2. The van der Waals surface area contributed by atoms with Gasteiger partial charge in [-0.05, 0) is 18.2 Å². The number of ether oxygens (including phenoxy) is 1. The first-order valence-electron chi connectivity index (χ1n) is 4.65. The number of nitrogens with one attached hydrogen (secondary N) is 1. The SMILES string of the molecule is OCCOCCNc1ccc(Br)cc1S. The molecule has 1 rings (SSSR count). The largest absolute Gasteiger partial charge is 0.394 e. The summed E-state index contributed by atoms with van der Waals surface area (Å²) in [6.07, 6.45) is 0. The zero-order valence-electron chi connectivity index (χ0n) is 8.24. The molecule has 5 heteroatoms. The van der Waals surface area contributed by atoms with Gasteiger partial charge in [-0.2, -0.15) is 0 Å². The topological polar surface area (TPSA) is 41.5 Å². The molecule has 0 saturated heterocycles. The summed E-state index contributed by atoms with van der Waals surface area (Å²) in [7, 11) is 0. The van der Waals surface area contributed by atoms with Crippen molar-refractivity contribution < 1.29 is 9.84 Å². The van der Waals surface area contributed by atoms with E-state index in [1.54, 1.807) is 0 Å². The summed E-state index contributed by atoms with van der Waals surface area (Å²) < 4.78 is 6.13. The Labute approximate surface area is 103 Å². The highest BCUT2D eigenvalue weighted by atomic mass is 79.9. The Kier molecular flexibility index (Phi) is 6.09. The van der Waals surface area contributed by atoms with Crippen LogP contribution in [0.4, 0.5) is 5.69 Å². The van der Waals surface area contributed by atoms with E-state index in [-0.39, 0.29) is 6.61 Å². The fourth-order valence-corrected chi connectivity index (χ4v) is 1.91. The van der Waals surface area contributed by atoms with Crippen molar-refractivity contribution in [3.8, 4) is 0 Å². The molecular formula is C10H14BrNO2S. The van der Waals surface area contributed by atoms with Gasteiger partial charge in [-0.3, -0.25) is 0 Å². The number of thiol groups is 1. The molecule has 2 N–H and O–H groups in total. The Morgan fingerprint density at radius 2 is 2.20 bits per heavy atom. The van der Waals surface area contributed by atoms with Crippen molar-refractivity contribution in [2.24, 2.45) is 0 Å². The molecule has 0 atom stereocenters. The predicted octanol–water partition coefficient (Wildman–Crippen LogP) is 2.16. The number of anilines is 1. The number of aliphatic hydroxyl groups excluding tert-OH is 1. The highest BCUT2D eigenvalue weighted by Crippen LogP contribution is 2.23. The van der Waals surface area contributed by atoms with Crippen molar-refractivity contribution in [2.75, 3.05) is 31.7 Å². The maximum atomic E-state index is 8.49. The van der Waals surface area contributed by atoms with E-state index in [1.807, 2.05) is 18.2 Å². The van der Waals surface area contributed by atoms with Gasteiger partial charge < -0.3 is 15.2 Å². The van der Waals surface area contributed by atoms with Crippen LogP contribution < -0.4 is 5.32 Å². The second-order valence-electron chi connectivity index (χ2n) is 2.92. The average Bonchev–Trinajstić information content (AvgIpc) is 2.20. The van der Waals surface area contributed by atoms with Gasteiger partial charge in [0, 0.05) is 21.6 Å². The monoisotopic (exact) mass is 291 g/mol. The minimum Gasteiger partial charge on any atom is -0.394 e. The maximum Gasteiger partial charge on any atom is 0.0698 e. The lowest BCUT2D eigenvalue weighted by molar-refractivity contribution is 0.0992. The second kappa shape index (κ2) is 7.11. The lowest BCUT2D eigenvalue weighted by Crippen LogP contribution is -2.11. The molecule has 84 valence electrons. The van der Waals surface area contributed by atoms with Crippen LogP contribution in [-0.4, -0.2) is 31.5 Å². The number of hydrogen-bond acceptors (Lipinski definition) is 4. The van der Waals surface area contributed by atoms with Crippen LogP contribution in [0.1, 0.15) is 0 Å². The van der Waals surface area contributed by atoms with Gasteiger partial charge in [0.15, 0.2) is 0 Å². The third-order valence-corrected chi connectivity index (χ3v) is 2.62. The molecule has 0 bridgehead atoms. The van der Waals surface area contributed by atoms with E-state index in [1.165, 1.54) is 0 Å². The molecular weight excluding hydrogens is 278 g/mol. The molecule has 0 saturated carbocycles. The molecule has 0 radical (unpaired) electrons. The van der Waals surface area contributed by atoms with Crippen LogP contribution in [-0.2, 0) is 4.74 Å². The minimum atomic E-state index is 0.0656. The summed E-state index contributed by atoms with van der Waals surface area (Å²) in [6, 6.07) is 5.84. The molecule has 0 aliphatic carbocycles. The Hall–Kier alpha value is -0.230. The highest BCUT2D eigenvalue weighted by molar-refractivity contribution is 9.10. The summed E-state index contributed by atoms with van der Waals surface area (Å²) in [6.45, 7) is 1.73. The van der Waals surface area contributed by atoms with Crippen molar-refractivity contribution in [1.82, 2.24) is 0 Å². The zero-order chi connectivity index (χ0) is 11.1. The summed E-state index contributed by atoms with van der Waals surface area (Å²) in [4.78, 5) is 0.895. The van der Waals surface area contributed by atoms with Gasteiger partial charge in [0.05, 0.1) is 19.8 Å². The van der Waals surface area contributed by atoms with E-state index in [4.69, 9.17) is 9.84 Å². The number of benzene rings is 1. The van der Waals surface area contributed by atoms with Crippen molar-refractivity contribution in [2.45, 2.75) is 4.90 Å². The van der Waals surface area contributed by atoms with Crippen LogP contribution in [0.15, 0.2) is 27.6 Å². The Morgan fingerprint density at radius 1 is 1.40 bits per heavy atom. The van der Waals surface area contributed by atoms with Gasteiger partial charge >= 0.3 is 0 Å². The molecule has 1 aromatic rings. The Morgan fingerprint density at radius 3 is 2.87 bits per heavy atom. The summed E-state index contributed by atoms with van der Waals surface area (Å²) in [5.74, 6) is 0. The van der Waals surface area contributed by atoms with E-state index in [2.05, 4.69) is 33.9 Å². The third-order valence-electron chi connectivity index (χ3n) is 1.76. The van der Waals surface area contributed by atoms with Crippen molar-refractivity contribution in [3.63, 3.8) is 0 Å². The normalized spacial score (nSPS) is 10.3. The fraction of sp³-hybridized carbons (Fsp3) is 0.400. The average molecular weight is 292 g/mol. The third kappa shape index (κ3) is 4.88. The first-order valence-corrected chi connectivity index (χ1v) is 5.89. The van der Waals surface area contributed by atoms with Crippen LogP contribution in [0.5, 0.6) is 0 Å². The summed E-state index contributed by atoms with van der Waals surface area (Å²) >= 11 is 7.71. The molecule has 3 nitrogen and oxygen atoms in total. The number of halogens is 1. The zero-order valence-corrected chi connectivity index (χ0v) is 10.7. The van der Waals surface area contributed by atoms with Crippen molar-refractivity contribution in [1.29, 1.82) is 0 Å². The molecule has 0 heterocycles. The second-order valence-corrected chi connectivity index (χ2v) is 4.32. The van der Waals surface area contributed by atoms with E-state index >= 15 is 0 Å². The van der Waals surface area contributed by atoms with Crippen LogP contribution >= 0.6 is 28.6 Å². The molecule has 0 aromatic heterocycles. The molecule has 0 amide bonds.